The maximum absolute atomic E-state index is 2.49. The minimum atomic E-state index is 1.23. The van der Waals surface area contributed by atoms with Gasteiger partial charge in [0.1, 0.15) is 0 Å². The highest BCUT2D eigenvalue weighted by molar-refractivity contribution is 6.39. The van der Waals surface area contributed by atoms with Crippen LogP contribution in [-0.4, -0.2) is 0 Å². The summed E-state index contributed by atoms with van der Waals surface area (Å²) in [5.74, 6) is 0. The van der Waals surface area contributed by atoms with Gasteiger partial charge < -0.3 is 0 Å². The summed E-state index contributed by atoms with van der Waals surface area (Å²) in [6.07, 6.45) is 0. The summed E-state index contributed by atoms with van der Waals surface area (Å²) in [6.45, 7) is 0. The van der Waals surface area contributed by atoms with Gasteiger partial charge in [0, 0.05) is 0 Å². The summed E-state index contributed by atoms with van der Waals surface area (Å²) >= 11 is 0. The Hall–Kier alpha value is -8.58. The molecule has 0 nitrogen and oxygen atoms in total. The van der Waals surface area contributed by atoms with Crippen molar-refractivity contribution < 1.29 is 0 Å². The van der Waals surface area contributed by atoms with Crippen molar-refractivity contribution in [1.82, 2.24) is 0 Å². The van der Waals surface area contributed by atoms with Crippen LogP contribution in [-0.2, 0) is 0 Å². The molecule has 13 aromatic carbocycles. The highest BCUT2D eigenvalue weighted by Gasteiger charge is 2.36. The van der Waals surface area contributed by atoms with Gasteiger partial charge in [-0.2, -0.15) is 0 Å². The van der Waals surface area contributed by atoms with Crippen LogP contribution in [0.5, 0.6) is 0 Å². The quantitative estimate of drug-likeness (QED) is 0.155. The highest BCUT2D eigenvalue weighted by atomic mass is 14.4. The third-order valence-corrected chi connectivity index (χ3v) is 14.8. The Kier molecular flexibility index (Phi) is 7.31. The summed E-state index contributed by atoms with van der Waals surface area (Å²) in [7, 11) is 0. The summed E-state index contributed by atoms with van der Waals surface area (Å²) < 4.78 is 0. The van der Waals surface area contributed by atoms with Crippen LogP contribution < -0.4 is 0 Å². The lowest BCUT2D eigenvalue weighted by Gasteiger charge is -2.22. The molecule has 0 unspecified atom stereocenters. The lowest BCUT2D eigenvalue weighted by atomic mass is 9.80. The molecule has 302 valence electrons. The van der Waals surface area contributed by atoms with E-state index < -0.39 is 0 Å². The summed E-state index contributed by atoms with van der Waals surface area (Å²) in [6, 6.07) is 86.7. The molecule has 0 N–H and O–H groups in total. The zero-order valence-electron chi connectivity index (χ0n) is 35.9. The number of benzene rings is 13. The topological polar surface area (TPSA) is 0 Å². The van der Waals surface area contributed by atoms with Crippen molar-refractivity contribution in [2.75, 3.05) is 0 Å². The molecule has 2 aliphatic rings. The number of fused-ring (bicyclic) bond motifs is 13. The molecule has 0 atom stereocenters. The maximum Gasteiger partial charge on any atom is -0.000115 e. The Morgan fingerprint density at radius 3 is 1.20 bits per heavy atom. The lowest BCUT2D eigenvalue weighted by molar-refractivity contribution is 1.63. The average Bonchev–Trinajstić information content (AvgIpc) is 3.91. The van der Waals surface area contributed by atoms with Crippen molar-refractivity contribution in [2.24, 2.45) is 0 Å². The lowest BCUT2D eigenvalue weighted by Crippen LogP contribution is -1.95. The minimum Gasteiger partial charge on any atom is -0.0622 e. The number of hydrogen-bond donors (Lipinski definition) is 0. The Bertz CT molecular complexity index is 4250. The third-order valence-electron chi connectivity index (χ3n) is 14.8. The third kappa shape index (κ3) is 4.99. The van der Waals surface area contributed by atoms with Crippen molar-refractivity contribution in [1.29, 1.82) is 0 Å². The molecule has 0 heteroatoms. The molecular formula is C66H38. The van der Waals surface area contributed by atoms with Crippen LogP contribution in [0.1, 0.15) is 0 Å². The fraction of sp³-hybridized carbons (Fsp3) is 0. The van der Waals surface area contributed by atoms with E-state index in [1.807, 2.05) is 0 Å². The van der Waals surface area contributed by atoms with Crippen LogP contribution >= 0.6 is 0 Å². The first-order chi connectivity index (χ1) is 32.7. The second-order valence-corrected chi connectivity index (χ2v) is 18.3. The number of rotatable bonds is 4. The zero-order valence-corrected chi connectivity index (χ0v) is 35.9. The molecule has 0 bridgehead atoms. The van der Waals surface area contributed by atoms with Crippen LogP contribution in [0.2, 0.25) is 0 Å². The van der Waals surface area contributed by atoms with Gasteiger partial charge in [0.2, 0.25) is 0 Å². The van der Waals surface area contributed by atoms with Crippen molar-refractivity contribution >= 4 is 64.6 Å². The highest BCUT2D eigenvalue weighted by Crippen LogP contribution is 2.64. The Morgan fingerprint density at radius 1 is 0.167 bits per heavy atom. The molecule has 66 heavy (non-hydrogen) atoms. The normalized spacial score (nSPS) is 12.2. The van der Waals surface area contributed by atoms with Gasteiger partial charge in [0.15, 0.2) is 0 Å². The summed E-state index contributed by atoms with van der Waals surface area (Å²) in [5, 5.41) is 15.3. The molecule has 0 saturated heterocycles. The van der Waals surface area contributed by atoms with E-state index in [4.69, 9.17) is 0 Å². The first-order valence-electron chi connectivity index (χ1n) is 23.1. The number of hydrogen-bond acceptors (Lipinski definition) is 0. The van der Waals surface area contributed by atoms with Gasteiger partial charge in [-0.15, -0.1) is 0 Å². The molecule has 0 aromatic heterocycles. The van der Waals surface area contributed by atoms with E-state index in [0.717, 1.165) is 0 Å². The van der Waals surface area contributed by atoms with E-state index in [0.29, 0.717) is 0 Å². The molecule has 15 rings (SSSR count). The first kappa shape index (κ1) is 35.8. The van der Waals surface area contributed by atoms with E-state index in [9.17, 15) is 0 Å². The second kappa shape index (κ2) is 13.5. The van der Waals surface area contributed by atoms with Gasteiger partial charge in [-0.3, -0.25) is 0 Å². The van der Waals surface area contributed by atoms with Gasteiger partial charge in [-0.25, -0.2) is 0 Å². The second-order valence-electron chi connectivity index (χ2n) is 18.3. The molecule has 0 spiro atoms. The predicted molar refractivity (Wildman–Crippen MR) is 282 cm³/mol. The van der Waals surface area contributed by atoms with Crippen LogP contribution in [0.25, 0.3) is 154 Å². The summed E-state index contributed by atoms with van der Waals surface area (Å²) in [5.41, 5.74) is 20.6. The zero-order chi connectivity index (χ0) is 43.0. The van der Waals surface area contributed by atoms with E-state index in [1.54, 1.807) is 0 Å². The first-order valence-corrected chi connectivity index (χ1v) is 23.1. The van der Waals surface area contributed by atoms with Crippen molar-refractivity contribution in [3.05, 3.63) is 231 Å². The average molecular weight is 831 g/mol. The van der Waals surface area contributed by atoms with E-state index in [1.165, 1.54) is 154 Å². The van der Waals surface area contributed by atoms with Gasteiger partial charge >= 0.3 is 0 Å². The van der Waals surface area contributed by atoms with Gasteiger partial charge in [0.05, 0.1) is 0 Å². The Morgan fingerprint density at radius 2 is 0.606 bits per heavy atom. The fourth-order valence-corrected chi connectivity index (χ4v) is 11.9. The van der Waals surface area contributed by atoms with Crippen LogP contribution in [0, 0.1) is 0 Å². The molecule has 0 heterocycles. The van der Waals surface area contributed by atoms with Gasteiger partial charge in [-0.1, -0.05) is 194 Å². The summed E-state index contributed by atoms with van der Waals surface area (Å²) in [4.78, 5) is 0. The molecular weight excluding hydrogens is 793 g/mol. The van der Waals surface area contributed by atoms with Crippen LogP contribution in [0.4, 0.5) is 0 Å². The SMILES string of the molecule is c1ccc(-c2ccc3ccc(-c4c5c(c(-c6ccc7ccc(-c8ccccc8)cc7c6)c6cc7ccccc7cc46)-c4c6ccccc6c6c7c(ccc-5c47)-c4ccccc4-6)cc3c2)cc1. The van der Waals surface area contributed by atoms with Crippen LogP contribution in [0.15, 0.2) is 231 Å². The van der Waals surface area contributed by atoms with Crippen LogP contribution in [0.3, 0.4) is 0 Å². The Balaban J connectivity index is 1.12. The molecule has 0 aliphatic heterocycles. The van der Waals surface area contributed by atoms with E-state index in [2.05, 4.69) is 231 Å². The molecule has 2 aliphatic carbocycles. The monoisotopic (exact) mass is 830 g/mol. The molecule has 0 amide bonds. The van der Waals surface area contributed by atoms with Crippen molar-refractivity contribution in [2.45, 2.75) is 0 Å². The molecule has 0 radical (unpaired) electrons. The smallest absolute Gasteiger partial charge is 0.000115 e. The van der Waals surface area contributed by atoms with Gasteiger partial charge in [0.25, 0.3) is 0 Å². The standard InChI is InChI=1S/C66H38/c1-3-13-39(14-4-1)45-27-23-41-25-29-47(35-49(41)33-45)59-57-37-43-17-7-8-18-44(43)38-58(57)60(48-30-26-42-24-28-46(34-50(42)36-48)40-15-5-2-6-16-40)66-63-54-22-12-11-21-53(54)61-52-20-10-9-19-51(52)55-31-32-56(64(59)66)65(63)62(55)61/h1-38H. The van der Waals surface area contributed by atoms with Gasteiger partial charge in [-0.05, 0) is 190 Å². The molecule has 0 saturated carbocycles. The van der Waals surface area contributed by atoms with E-state index in [-0.39, 0.29) is 0 Å². The fourth-order valence-electron chi connectivity index (χ4n) is 11.9. The Labute approximate surface area is 382 Å². The predicted octanol–water partition coefficient (Wildman–Crippen LogP) is 18.6. The maximum atomic E-state index is 2.49. The largest absolute Gasteiger partial charge is 0.0622 e. The molecule has 13 aromatic rings. The minimum absolute atomic E-state index is 1.23. The van der Waals surface area contributed by atoms with Crippen molar-refractivity contribution in [3.63, 3.8) is 0 Å². The van der Waals surface area contributed by atoms with Crippen molar-refractivity contribution in [3.8, 4) is 89.0 Å². The molecule has 0 fully saturated rings. The van der Waals surface area contributed by atoms with E-state index >= 15 is 0 Å².